The summed E-state index contributed by atoms with van der Waals surface area (Å²) in [4.78, 5) is 26.1. The van der Waals surface area contributed by atoms with E-state index in [1.54, 1.807) is 36.6 Å². The maximum Gasteiger partial charge on any atom is 0.256 e. The van der Waals surface area contributed by atoms with Crippen LogP contribution in [0, 0.1) is 11.6 Å². The number of halogens is 2. The van der Waals surface area contributed by atoms with Crippen molar-refractivity contribution in [3.05, 3.63) is 118 Å². The number of anilines is 1. The van der Waals surface area contributed by atoms with Crippen LogP contribution in [0.4, 0.5) is 14.6 Å². The molecule has 1 N–H and O–H groups in total. The number of rotatable bonds is 7. The summed E-state index contributed by atoms with van der Waals surface area (Å²) in [5, 5.41) is 3.22. The van der Waals surface area contributed by atoms with Crippen LogP contribution in [0.2, 0.25) is 0 Å². The van der Waals surface area contributed by atoms with E-state index in [1.807, 2.05) is 19.1 Å². The summed E-state index contributed by atoms with van der Waals surface area (Å²) in [6.45, 7) is 1.88. The quantitative estimate of drug-likeness (QED) is 0.417. The number of hydrogen-bond acceptors (Lipinski definition) is 4. The van der Waals surface area contributed by atoms with Gasteiger partial charge >= 0.3 is 0 Å². The van der Waals surface area contributed by atoms with Crippen molar-refractivity contribution in [3.8, 4) is 5.69 Å². The Hall–Kier alpha value is -4.00. The number of hydrogen-bond donors (Lipinski definition) is 1. The molecule has 5 nitrogen and oxygen atoms in total. The molecule has 0 saturated carbocycles. The van der Waals surface area contributed by atoms with E-state index in [9.17, 15) is 18.4 Å². The third-order valence-corrected chi connectivity index (χ3v) is 5.00. The van der Waals surface area contributed by atoms with E-state index < -0.39 is 17.4 Å². The number of para-hydroxylation sites is 1. The van der Waals surface area contributed by atoms with Gasteiger partial charge in [0, 0.05) is 24.6 Å². The average Bonchev–Trinajstić information content (AvgIpc) is 3.27. The van der Waals surface area contributed by atoms with Crippen molar-refractivity contribution in [2.75, 3.05) is 5.32 Å². The maximum absolute atomic E-state index is 14.4. The third-order valence-electron chi connectivity index (χ3n) is 5.00. The molecule has 0 amide bonds. The number of furan rings is 1. The van der Waals surface area contributed by atoms with E-state index in [-0.39, 0.29) is 28.5 Å². The Labute approximate surface area is 182 Å². The molecule has 7 heteroatoms. The fourth-order valence-electron chi connectivity index (χ4n) is 3.53. The molecule has 0 radical (unpaired) electrons. The Morgan fingerprint density at radius 1 is 1.00 bits per heavy atom. The number of aromatic nitrogens is 1. The Balaban J connectivity index is 1.84. The van der Waals surface area contributed by atoms with Crippen molar-refractivity contribution in [3.63, 3.8) is 0 Å². The van der Waals surface area contributed by atoms with Crippen molar-refractivity contribution < 1.29 is 18.0 Å². The van der Waals surface area contributed by atoms with E-state index in [2.05, 4.69) is 5.32 Å². The van der Waals surface area contributed by atoms with Crippen LogP contribution in [0.3, 0.4) is 0 Å². The second kappa shape index (κ2) is 9.01. The third kappa shape index (κ3) is 4.37. The summed E-state index contributed by atoms with van der Waals surface area (Å²) in [6.07, 6.45) is 2.06. The summed E-state index contributed by atoms with van der Waals surface area (Å²) < 4.78 is 34.5. The lowest BCUT2D eigenvalue weighted by Crippen LogP contribution is -2.28. The molecule has 0 aliphatic carbocycles. The van der Waals surface area contributed by atoms with Gasteiger partial charge < -0.3 is 9.73 Å². The molecule has 0 spiro atoms. The van der Waals surface area contributed by atoms with Crippen LogP contribution in [-0.4, -0.2) is 16.4 Å². The normalized spacial score (nSPS) is 11.8. The highest BCUT2D eigenvalue weighted by Crippen LogP contribution is 2.24. The van der Waals surface area contributed by atoms with E-state index in [1.165, 1.54) is 16.7 Å². The minimum Gasteiger partial charge on any atom is -0.469 e. The lowest BCUT2D eigenvalue weighted by molar-refractivity contribution is 0.103. The van der Waals surface area contributed by atoms with Crippen LogP contribution in [0.1, 0.15) is 28.6 Å². The molecule has 162 valence electrons. The first-order valence-corrected chi connectivity index (χ1v) is 10.0. The molecule has 4 rings (SSSR count). The van der Waals surface area contributed by atoms with Gasteiger partial charge in [-0.05, 0) is 49.4 Å². The van der Waals surface area contributed by atoms with Crippen LogP contribution in [0.15, 0.2) is 88.3 Å². The topological polar surface area (TPSA) is 64.2 Å². The van der Waals surface area contributed by atoms with E-state index in [0.29, 0.717) is 18.2 Å². The molecule has 2 aromatic heterocycles. The predicted molar refractivity (Wildman–Crippen MR) is 117 cm³/mol. The molecule has 2 heterocycles. The minimum atomic E-state index is -0.970. The van der Waals surface area contributed by atoms with Crippen LogP contribution in [-0.2, 0) is 6.42 Å². The highest BCUT2D eigenvalue weighted by Gasteiger charge is 2.23. The fraction of sp³-hybridized carbons (Fsp3) is 0.120. The number of carbonyl (C=O) groups is 1. The standard InChI is InChI=1S/C25H20F2N2O3/c1-16(14-19-8-5-13-32-19)28-25-21(24(31)20-10-9-17(26)15-22(20)27)11-12-23(30)29(25)18-6-3-2-4-7-18/h2-13,15-16,28H,14H2,1H3. The second-order valence-corrected chi connectivity index (χ2v) is 7.39. The smallest absolute Gasteiger partial charge is 0.256 e. The fourth-order valence-corrected chi connectivity index (χ4v) is 3.53. The Morgan fingerprint density at radius 2 is 1.75 bits per heavy atom. The number of benzene rings is 2. The van der Waals surface area contributed by atoms with Crippen molar-refractivity contribution in [2.24, 2.45) is 0 Å². The number of pyridine rings is 1. The SMILES string of the molecule is CC(Cc1ccco1)Nc1c(C(=O)c2ccc(F)cc2F)ccc(=O)n1-c1ccccc1. The zero-order valence-corrected chi connectivity index (χ0v) is 17.2. The lowest BCUT2D eigenvalue weighted by Gasteiger charge is -2.22. The predicted octanol–water partition coefficient (Wildman–Crippen LogP) is 4.98. The molecule has 1 atom stereocenters. The summed E-state index contributed by atoms with van der Waals surface area (Å²) in [6, 6.07) is 17.6. The average molecular weight is 434 g/mol. The minimum absolute atomic E-state index is 0.0882. The number of carbonyl (C=O) groups excluding carboxylic acids is 1. The summed E-state index contributed by atoms with van der Waals surface area (Å²) >= 11 is 0. The first kappa shape index (κ1) is 21.2. The van der Waals surface area contributed by atoms with Gasteiger partial charge in [-0.25, -0.2) is 8.78 Å². The first-order chi connectivity index (χ1) is 15.4. The molecular weight excluding hydrogens is 414 g/mol. The zero-order valence-electron chi connectivity index (χ0n) is 17.2. The van der Waals surface area contributed by atoms with Gasteiger partial charge in [0.15, 0.2) is 5.78 Å². The first-order valence-electron chi connectivity index (χ1n) is 10.0. The molecule has 32 heavy (non-hydrogen) atoms. The van der Waals surface area contributed by atoms with Gasteiger partial charge in [0.2, 0.25) is 0 Å². The van der Waals surface area contributed by atoms with Gasteiger partial charge in [-0.3, -0.25) is 14.2 Å². The molecule has 0 fully saturated rings. The number of ketones is 1. The molecule has 0 bridgehead atoms. The molecule has 0 saturated heterocycles. The van der Waals surface area contributed by atoms with Crippen LogP contribution in [0.5, 0.6) is 0 Å². The van der Waals surface area contributed by atoms with Gasteiger partial charge in [0.05, 0.1) is 23.1 Å². The summed E-state index contributed by atoms with van der Waals surface area (Å²) in [7, 11) is 0. The van der Waals surface area contributed by atoms with E-state index >= 15 is 0 Å². The van der Waals surface area contributed by atoms with Crippen molar-refractivity contribution >= 4 is 11.6 Å². The van der Waals surface area contributed by atoms with Crippen molar-refractivity contribution in [2.45, 2.75) is 19.4 Å². The maximum atomic E-state index is 14.4. The van der Waals surface area contributed by atoms with E-state index in [0.717, 1.165) is 17.9 Å². The van der Waals surface area contributed by atoms with Crippen LogP contribution < -0.4 is 10.9 Å². The Kier molecular flexibility index (Phi) is 5.98. The monoisotopic (exact) mass is 434 g/mol. The van der Waals surface area contributed by atoms with Crippen LogP contribution in [0.25, 0.3) is 5.69 Å². The molecular formula is C25H20F2N2O3. The highest BCUT2D eigenvalue weighted by molar-refractivity contribution is 6.12. The van der Waals surface area contributed by atoms with Crippen LogP contribution >= 0.6 is 0 Å². The summed E-state index contributed by atoms with van der Waals surface area (Å²) in [5.41, 5.74) is -0.0175. The highest BCUT2D eigenvalue weighted by atomic mass is 19.1. The number of nitrogens with one attached hydrogen (secondary N) is 1. The zero-order chi connectivity index (χ0) is 22.7. The lowest BCUT2D eigenvalue weighted by atomic mass is 10.0. The van der Waals surface area contributed by atoms with Gasteiger partial charge in [0.1, 0.15) is 23.2 Å². The number of nitrogens with zero attached hydrogens (tertiary/aromatic N) is 1. The Bertz CT molecular complexity index is 1300. The van der Waals surface area contributed by atoms with Gasteiger partial charge in [0.25, 0.3) is 5.56 Å². The largest absolute Gasteiger partial charge is 0.469 e. The molecule has 0 aliphatic heterocycles. The van der Waals surface area contributed by atoms with Crippen molar-refractivity contribution in [1.82, 2.24) is 4.57 Å². The summed E-state index contributed by atoms with van der Waals surface area (Å²) in [5.74, 6) is -1.47. The molecule has 2 aromatic carbocycles. The van der Waals surface area contributed by atoms with Gasteiger partial charge in [-0.1, -0.05) is 18.2 Å². The van der Waals surface area contributed by atoms with E-state index in [4.69, 9.17) is 4.42 Å². The molecule has 4 aromatic rings. The van der Waals surface area contributed by atoms with Crippen molar-refractivity contribution in [1.29, 1.82) is 0 Å². The molecule has 1 unspecified atom stereocenters. The Morgan fingerprint density at radius 3 is 2.44 bits per heavy atom. The second-order valence-electron chi connectivity index (χ2n) is 7.39. The molecule has 0 aliphatic rings. The van der Waals surface area contributed by atoms with Gasteiger partial charge in [-0.15, -0.1) is 0 Å². The van der Waals surface area contributed by atoms with Gasteiger partial charge in [-0.2, -0.15) is 0 Å².